The van der Waals surface area contributed by atoms with Crippen LogP contribution in [0.5, 0.6) is 5.88 Å². The van der Waals surface area contributed by atoms with Gasteiger partial charge in [0.05, 0.1) is 18.5 Å². The number of ether oxygens (including phenoxy) is 1. The van der Waals surface area contributed by atoms with Crippen molar-refractivity contribution in [2.75, 3.05) is 24.6 Å². The lowest BCUT2D eigenvalue weighted by atomic mass is 9.93. The maximum Gasteiger partial charge on any atom is 0.231 e. The summed E-state index contributed by atoms with van der Waals surface area (Å²) in [6.45, 7) is 11.2. The van der Waals surface area contributed by atoms with Gasteiger partial charge in [-0.2, -0.15) is 0 Å². The second kappa shape index (κ2) is 7.22. The number of hydrogen-bond donors (Lipinski definition) is 0. The molecule has 1 fully saturated rings. The predicted octanol–water partition coefficient (Wildman–Crippen LogP) is 3.52. The van der Waals surface area contributed by atoms with Gasteiger partial charge in [0.1, 0.15) is 11.6 Å². The number of hydrogen-bond acceptors (Lipinski definition) is 6. The van der Waals surface area contributed by atoms with Crippen LogP contribution in [-0.2, 0) is 18.3 Å². The van der Waals surface area contributed by atoms with E-state index in [1.165, 1.54) is 17.7 Å². The summed E-state index contributed by atoms with van der Waals surface area (Å²) >= 11 is 0. The Morgan fingerprint density at radius 2 is 2.00 bits per heavy atom. The number of imidazole rings is 1. The van der Waals surface area contributed by atoms with Gasteiger partial charge < -0.3 is 9.64 Å². The molecule has 0 radical (unpaired) electrons. The summed E-state index contributed by atoms with van der Waals surface area (Å²) in [6.07, 6.45) is 6.50. The lowest BCUT2D eigenvalue weighted by molar-refractivity contribution is 0.249. The van der Waals surface area contributed by atoms with Crippen LogP contribution in [0.15, 0.2) is 18.3 Å². The molecule has 0 aromatic carbocycles. The van der Waals surface area contributed by atoms with E-state index in [1.54, 1.807) is 0 Å². The van der Waals surface area contributed by atoms with Crippen molar-refractivity contribution in [2.45, 2.75) is 58.8 Å². The number of aryl methyl sites for hydroxylation is 2. The Balaban J connectivity index is 1.25. The van der Waals surface area contributed by atoms with Gasteiger partial charge in [-0.15, -0.1) is 5.10 Å². The molecule has 3 aromatic rings. The fourth-order valence-corrected chi connectivity index (χ4v) is 4.46. The highest BCUT2D eigenvalue weighted by molar-refractivity contribution is 5.52. The maximum absolute atomic E-state index is 6.07. The molecule has 7 nitrogen and oxygen atoms in total. The minimum atomic E-state index is 0.00154. The largest absolute Gasteiger partial charge is 0.476 e. The summed E-state index contributed by atoms with van der Waals surface area (Å²) in [5, 5.41) is 4.60. The Bertz CT molecular complexity index is 1080. The smallest absolute Gasteiger partial charge is 0.231 e. The van der Waals surface area contributed by atoms with Crippen molar-refractivity contribution in [3.8, 4) is 5.88 Å². The zero-order chi connectivity index (χ0) is 20.9. The van der Waals surface area contributed by atoms with E-state index in [4.69, 9.17) is 9.72 Å². The normalized spacial score (nSPS) is 18.9. The van der Waals surface area contributed by atoms with Crippen LogP contribution in [0.25, 0.3) is 5.65 Å². The first-order valence-electron chi connectivity index (χ1n) is 11.0. The molecule has 0 N–H and O–H groups in total. The third-order valence-corrected chi connectivity index (χ3v) is 6.14. The SMILES string of the molecule is Cc1nc2c(c(N3CCC(COc4ccc5nc(C(C)(C)C)cn5n4)C3)n1)CCC2. The quantitative estimate of drug-likeness (QED) is 0.660. The van der Waals surface area contributed by atoms with E-state index in [9.17, 15) is 0 Å². The molecule has 1 atom stereocenters. The van der Waals surface area contributed by atoms with Gasteiger partial charge in [0.15, 0.2) is 5.65 Å². The second-order valence-electron chi connectivity index (χ2n) is 9.64. The van der Waals surface area contributed by atoms with Gasteiger partial charge in [0, 0.05) is 41.7 Å². The molecule has 158 valence electrons. The van der Waals surface area contributed by atoms with Crippen molar-refractivity contribution in [3.63, 3.8) is 0 Å². The fraction of sp³-hybridized carbons (Fsp3) is 0.565. The molecular formula is C23H30N6O. The van der Waals surface area contributed by atoms with Crippen molar-refractivity contribution < 1.29 is 4.74 Å². The van der Waals surface area contributed by atoms with Crippen molar-refractivity contribution in [1.29, 1.82) is 0 Å². The first-order chi connectivity index (χ1) is 14.4. The molecule has 2 aliphatic rings. The highest BCUT2D eigenvalue weighted by atomic mass is 16.5. The summed E-state index contributed by atoms with van der Waals surface area (Å²) in [5.74, 6) is 3.17. The molecule has 0 spiro atoms. The maximum atomic E-state index is 6.07. The standard InChI is InChI=1S/C23H30N6O/c1-15-24-18-7-5-6-17(18)22(25-15)28-11-10-16(12-28)14-30-21-9-8-20-26-19(23(2,3)4)13-29(20)27-21/h8-9,13,16H,5-7,10-12,14H2,1-4H3. The Hall–Kier alpha value is -2.70. The minimum absolute atomic E-state index is 0.00154. The third-order valence-electron chi connectivity index (χ3n) is 6.14. The molecule has 0 saturated carbocycles. The molecule has 4 heterocycles. The predicted molar refractivity (Wildman–Crippen MR) is 116 cm³/mol. The van der Waals surface area contributed by atoms with Crippen LogP contribution in [0, 0.1) is 12.8 Å². The van der Waals surface area contributed by atoms with Crippen molar-refractivity contribution in [3.05, 3.63) is 41.1 Å². The highest BCUT2D eigenvalue weighted by Crippen LogP contribution is 2.32. The van der Waals surface area contributed by atoms with Gasteiger partial charge in [0.25, 0.3) is 0 Å². The molecule has 1 unspecified atom stereocenters. The fourth-order valence-electron chi connectivity index (χ4n) is 4.46. The van der Waals surface area contributed by atoms with E-state index < -0.39 is 0 Å². The number of rotatable bonds is 4. The van der Waals surface area contributed by atoms with E-state index in [-0.39, 0.29) is 5.41 Å². The molecular weight excluding hydrogens is 376 g/mol. The lowest BCUT2D eigenvalue weighted by Gasteiger charge is -2.21. The molecule has 1 aliphatic heterocycles. The topological polar surface area (TPSA) is 68.4 Å². The Labute approximate surface area is 177 Å². The van der Waals surface area contributed by atoms with Gasteiger partial charge in [-0.25, -0.2) is 19.5 Å². The molecule has 5 rings (SSSR count). The van der Waals surface area contributed by atoms with Crippen LogP contribution in [0.3, 0.4) is 0 Å². The summed E-state index contributed by atoms with van der Waals surface area (Å²) in [7, 11) is 0. The number of aromatic nitrogens is 5. The van der Waals surface area contributed by atoms with E-state index >= 15 is 0 Å². The lowest BCUT2D eigenvalue weighted by Crippen LogP contribution is -2.24. The summed E-state index contributed by atoms with van der Waals surface area (Å²) in [5.41, 5.74) is 4.51. The Morgan fingerprint density at radius 1 is 1.13 bits per heavy atom. The molecule has 7 heteroatoms. The molecule has 3 aromatic heterocycles. The van der Waals surface area contributed by atoms with Crippen molar-refractivity contribution >= 4 is 11.5 Å². The zero-order valence-electron chi connectivity index (χ0n) is 18.4. The molecule has 1 aliphatic carbocycles. The monoisotopic (exact) mass is 406 g/mol. The molecule has 0 bridgehead atoms. The Morgan fingerprint density at radius 3 is 2.83 bits per heavy atom. The van der Waals surface area contributed by atoms with Crippen LogP contribution in [-0.4, -0.2) is 44.3 Å². The number of fused-ring (bicyclic) bond motifs is 2. The highest BCUT2D eigenvalue weighted by Gasteiger charge is 2.29. The first kappa shape index (κ1) is 19.3. The van der Waals surface area contributed by atoms with Crippen LogP contribution in [0.4, 0.5) is 5.82 Å². The van der Waals surface area contributed by atoms with E-state index in [0.29, 0.717) is 18.4 Å². The number of anilines is 1. The average Bonchev–Trinajstić information content (AvgIpc) is 3.43. The van der Waals surface area contributed by atoms with Crippen molar-refractivity contribution in [1.82, 2.24) is 24.6 Å². The summed E-state index contributed by atoms with van der Waals surface area (Å²) in [4.78, 5) is 16.5. The first-order valence-corrected chi connectivity index (χ1v) is 11.0. The van der Waals surface area contributed by atoms with Crippen LogP contribution >= 0.6 is 0 Å². The van der Waals surface area contributed by atoms with Gasteiger partial charge >= 0.3 is 0 Å². The minimum Gasteiger partial charge on any atom is -0.476 e. The van der Waals surface area contributed by atoms with E-state index in [0.717, 1.165) is 55.3 Å². The van der Waals surface area contributed by atoms with E-state index in [2.05, 4.69) is 40.7 Å². The third kappa shape index (κ3) is 3.61. The van der Waals surface area contributed by atoms with Gasteiger partial charge in [0.2, 0.25) is 5.88 Å². The second-order valence-corrected chi connectivity index (χ2v) is 9.64. The van der Waals surface area contributed by atoms with Crippen LogP contribution < -0.4 is 9.64 Å². The van der Waals surface area contributed by atoms with Crippen LogP contribution in [0.2, 0.25) is 0 Å². The Kier molecular flexibility index (Phi) is 4.64. The number of nitrogens with zero attached hydrogens (tertiary/aromatic N) is 6. The van der Waals surface area contributed by atoms with Gasteiger partial charge in [-0.1, -0.05) is 20.8 Å². The zero-order valence-corrected chi connectivity index (χ0v) is 18.4. The van der Waals surface area contributed by atoms with Gasteiger partial charge in [-0.05, 0) is 38.7 Å². The van der Waals surface area contributed by atoms with E-state index in [1.807, 2.05) is 29.8 Å². The summed E-state index contributed by atoms with van der Waals surface area (Å²) in [6, 6.07) is 3.90. The molecule has 1 saturated heterocycles. The molecule has 0 amide bonds. The van der Waals surface area contributed by atoms with Gasteiger partial charge in [-0.3, -0.25) is 0 Å². The average molecular weight is 407 g/mol. The molecule has 30 heavy (non-hydrogen) atoms. The van der Waals surface area contributed by atoms with Crippen molar-refractivity contribution in [2.24, 2.45) is 5.92 Å². The van der Waals surface area contributed by atoms with Crippen LogP contribution in [0.1, 0.15) is 56.4 Å². The summed E-state index contributed by atoms with van der Waals surface area (Å²) < 4.78 is 7.90.